The predicted molar refractivity (Wildman–Crippen MR) is 108 cm³/mol. The summed E-state index contributed by atoms with van der Waals surface area (Å²) >= 11 is 0. The predicted octanol–water partition coefficient (Wildman–Crippen LogP) is 3.79. The van der Waals surface area contributed by atoms with Gasteiger partial charge in [0.15, 0.2) is 6.61 Å². The highest BCUT2D eigenvalue weighted by Crippen LogP contribution is 2.36. The molecule has 1 aliphatic rings. The Bertz CT molecular complexity index is 820. The molecule has 0 saturated carbocycles. The molecule has 6 heteroatoms. The van der Waals surface area contributed by atoms with Gasteiger partial charge in [0.1, 0.15) is 11.5 Å². The number of anilines is 1. The molecule has 0 aliphatic carbocycles. The van der Waals surface area contributed by atoms with E-state index in [0.717, 1.165) is 24.2 Å². The number of carbonyl (C=O) groups is 2. The highest BCUT2D eigenvalue weighted by molar-refractivity contribution is 5.90. The Labute approximate surface area is 165 Å². The lowest BCUT2D eigenvalue weighted by molar-refractivity contribution is -0.134. The number of likely N-dealkylation sites (tertiary alicyclic amines) is 1. The van der Waals surface area contributed by atoms with Gasteiger partial charge >= 0.3 is 0 Å². The smallest absolute Gasteiger partial charge is 0.261 e. The summed E-state index contributed by atoms with van der Waals surface area (Å²) < 4.78 is 11.1. The molecule has 6 nitrogen and oxygen atoms in total. The Hall–Kier alpha value is -3.02. The maximum Gasteiger partial charge on any atom is 0.261 e. The lowest BCUT2D eigenvalue weighted by atomic mass is 10.0. The first-order chi connectivity index (χ1) is 13.6. The molecule has 1 atom stereocenters. The fourth-order valence-electron chi connectivity index (χ4n) is 3.44. The zero-order valence-corrected chi connectivity index (χ0v) is 16.3. The molecule has 1 fully saturated rings. The van der Waals surface area contributed by atoms with Gasteiger partial charge in [-0.15, -0.1) is 0 Å². The Morgan fingerprint density at radius 3 is 2.61 bits per heavy atom. The van der Waals surface area contributed by atoms with Gasteiger partial charge in [-0.25, -0.2) is 0 Å². The number of nitrogens with one attached hydrogen (secondary N) is 1. The molecule has 0 bridgehead atoms. The summed E-state index contributed by atoms with van der Waals surface area (Å²) in [6, 6.07) is 14.9. The van der Waals surface area contributed by atoms with E-state index >= 15 is 0 Å². The van der Waals surface area contributed by atoms with E-state index in [1.54, 1.807) is 38.3 Å². The van der Waals surface area contributed by atoms with Gasteiger partial charge in [-0.2, -0.15) is 0 Å². The summed E-state index contributed by atoms with van der Waals surface area (Å²) in [5.41, 5.74) is 1.74. The third-order valence-electron chi connectivity index (χ3n) is 4.89. The van der Waals surface area contributed by atoms with E-state index in [1.165, 1.54) is 0 Å². The average Bonchev–Trinajstić information content (AvgIpc) is 3.22. The quantitative estimate of drug-likeness (QED) is 0.791. The van der Waals surface area contributed by atoms with Crippen molar-refractivity contribution in [1.82, 2.24) is 4.90 Å². The number of para-hydroxylation sites is 1. The largest absolute Gasteiger partial charge is 0.496 e. The first-order valence-electron chi connectivity index (χ1n) is 9.57. The van der Waals surface area contributed by atoms with Gasteiger partial charge < -0.3 is 19.7 Å². The second-order valence-electron chi connectivity index (χ2n) is 6.70. The molecule has 0 unspecified atom stereocenters. The van der Waals surface area contributed by atoms with Crippen LogP contribution in [0.3, 0.4) is 0 Å². The third-order valence-corrected chi connectivity index (χ3v) is 4.89. The van der Waals surface area contributed by atoms with Crippen LogP contribution in [0.1, 0.15) is 37.8 Å². The van der Waals surface area contributed by atoms with E-state index < -0.39 is 0 Å². The SMILES string of the molecule is CCC(=O)Nc1ccc(OCC(=O)N2CCC[C@H]2c2ccccc2OC)cc1. The van der Waals surface area contributed by atoms with Crippen LogP contribution in [-0.2, 0) is 9.59 Å². The summed E-state index contributed by atoms with van der Waals surface area (Å²) in [5, 5.41) is 2.78. The van der Waals surface area contributed by atoms with Crippen molar-refractivity contribution in [1.29, 1.82) is 0 Å². The van der Waals surface area contributed by atoms with Crippen LogP contribution >= 0.6 is 0 Å². The van der Waals surface area contributed by atoms with E-state index in [-0.39, 0.29) is 24.5 Å². The maximum absolute atomic E-state index is 12.8. The number of nitrogens with zero attached hydrogens (tertiary/aromatic N) is 1. The number of rotatable bonds is 7. The van der Waals surface area contributed by atoms with Crippen molar-refractivity contribution in [3.8, 4) is 11.5 Å². The summed E-state index contributed by atoms with van der Waals surface area (Å²) in [4.78, 5) is 26.0. The molecule has 1 saturated heterocycles. The molecule has 1 N–H and O–H groups in total. The van der Waals surface area contributed by atoms with Crippen LogP contribution in [0, 0.1) is 0 Å². The molecule has 1 aliphatic heterocycles. The van der Waals surface area contributed by atoms with Gasteiger partial charge in [-0.1, -0.05) is 25.1 Å². The van der Waals surface area contributed by atoms with Crippen molar-refractivity contribution in [3.63, 3.8) is 0 Å². The first kappa shape index (κ1) is 19.7. The molecule has 28 heavy (non-hydrogen) atoms. The molecule has 0 aromatic heterocycles. The Morgan fingerprint density at radius 2 is 1.89 bits per heavy atom. The number of hydrogen-bond acceptors (Lipinski definition) is 4. The van der Waals surface area contributed by atoms with Gasteiger partial charge in [0, 0.05) is 24.2 Å². The van der Waals surface area contributed by atoms with E-state index in [1.807, 2.05) is 29.2 Å². The van der Waals surface area contributed by atoms with E-state index in [4.69, 9.17) is 9.47 Å². The second-order valence-corrected chi connectivity index (χ2v) is 6.70. The summed E-state index contributed by atoms with van der Waals surface area (Å²) in [6.45, 7) is 2.49. The molecule has 0 spiro atoms. The lowest BCUT2D eigenvalue weighted by Gasteiger charge is -2.26. The van der Waals surface area contributed by atoms with Crippen LogP contribution in [-0.4, -0.2) is 37.0 Å². The monoisotopic (exact) mass is 382 g/mol. The molecule has 2 amide bonds. The van der Waals surface area contributed by atoms with Crippen LogP contribution < -0.4 is 14.8 Å². The minimum atomic E-state index is -0.0447. The Balaban J connectivity index is 1.60. The summed E-state index contributed by atoms with van der Waals surface area (Å²) in [5.74, 6) is 1.31. The van der Waals surface area contributed by atoms with E-state index in [9.17, 15) is 9.59 Å². The van der Waals surface area contributed by atoms with E-state index in [2.05, 4.69) is 5.32 Å². The highest BCUT2D eigenvalue weighted by atomic mass is 16.5. The van der Waals surface area contributed by atoms with Crippen molar-refractivity contribution in [3.05, 3.63) is 54.1 Å². The summed E-state index contributed by atoms with van der Waals surface area (Å²) in [7, 11) is 1.65. The van der Waals surface area contributed by atoms with Gasteiger partial charge in [-0.05, 0) is 43.2 Å². The van der Waals surface area contributed by atoms with Crippen LogP contribution in [0.15, 0.2) is 48.5 Å². The van der Waals surface area contributed by atoms with Crippen molar-refractivity contribution >= 4 is 17.5 Å². The molecule has 2 aromatic carbocycles. The number of benzene rings is 2. The third kappa shape index (κ3) is 4.63. The molecule has 0 radical (unpaired) electrons. The van der Waals surface area contributed by atoms with Crippen molar-refractivity contribution in [2.24, 2.45) is 0 Å². The van der Waals surface area contributed by atoms with Gasteiger partial charge in [-0.3, -0.25) is 9.59 Å². The van der Waals surface area contributed by atoms with Crippen molar-refractivity contribution in [2.75, 3.05) is 25.6 Å². The number of hydrogen-bond donors (Lipinski definition) is 1. The van der Waals surface area contributed by atoms with Gasteiger partial charge in [0.05, 0.1) is 13.2 Å². The van der Waals surface area contributed by atoms with Crippen molar-refractivity contribution < 1.29 is 19.1 Å². The number of ether oxygens (including phenoxy) is 2. The topological polar surface area (TPSA) is 67.9 Å². The minimum absolute atomic E-state index is 0.0129. The zero-order chi connectivity index (χ0) is 19.9. The lowest BCUT2D eigenvalue weighted by Crippen LogP contribution is -2.34. The van der Waals surface area contributed by atoms with Crippen LogP contribution in [0.2, 0.25) is 0 Å². The normalized spacial score (nSPS) is 15.9. The fourth-order valence-corrected chi connectivity index (χ4v) is 3.44. The molecule has 3 rings (SSSR count). The molecular weight excluding hydrogens is 356 g/mol. The zero-order valence-electron chi connectivity index (χ0n) is 16.3. The van der Waals surface area contributed by atoms with Gasteiger partial charge in [0.2, 0.25) is 5.91 Å². The number of amides is 2. The van der Waals surface area contributed by atoms with Crippen LogP contribution in [0.25, 0.3) is 0 Å². The summed E-state index contributed by atoms with van der Waals surface area (Å²) in [6.07, 6.45) is 2.30. The maximum atomic E-state index is 12.8. The molecular formula is C22H26N2O4. The van der Waals surface area contributed by atoms with E-state index in [0.29, 0.717) is 24.4 Å². The molecule has 148 valence electrons. The Morgan fingerprint density at radius 1 is 1.14 bits per heavy atom. The molecule has 2 aromatic rings. The first-order valence-corrected chi connectivity index (χ1v) is 9.57. The van der Waals surface area contributed by atoms with Crippen LogP contribution in [0.4, 0.5) is 5.69 Å². The Kier molecular flexibility index (Phi) is 6.53. The van der Waals surface area contributed by atoms with Crippen molar-refractivity contribution in [2.45, 2.75) is 32.2 Å². The average molecular weight is 382 g/mol. The highest BCUT2D eigenvalue weighted by Gasteiger charge is 2.31. The second kappa shape index (κ2) is 9.26. The number of carbonyl (C=O) groups excluding carboxylic acids is 2. The standard InChI is InChI=1S/C22H26N2O4/c1-3-21(25)23-16-10-12-17(13-11-16)28-15-22(26)24-14-6-8-19(24)18-7-4-5-9-20(18)27-2/h4-5,7,9-13,19H,3,6,8,14-15H2,1-2H3,(H,23,25)/t19-/m0/s1. The van der Waals surface area contributed by atoms with Gasteiger partial charge in [0.25, 0.3) is 5.91 Å². The minimum Gasteiger partial charge on any atom is -0.496 e. The molecule has 1 heterocycles. The number of methoxy groups -OCH3 is 1. The van der Waals surface area contributed by atoms with Crippen LogP contribution in [0.5, 0.6) is 11.5 Å². The fraction of sp³-hybridized carbons (Fsp3) is 0.364.